The number of hydrogen-bond acceptors (Lipinski definition) is 4. The van der Waals surface area contributed by atoms with Crippen LogP contribution in [0.3, 0.4) is 0 Å². The summed E-state index contributed by atoms with van der Waals surface area (Å²) in [6, 6.07) is 6.82. The first-order valence-electron chi connectivity index (χ1n) is 6.99. The van der Waals surface area contributed by atoms with Gasteiger partial charge in [-0.25, -0.2) is 13.8 Å². The van der Waals surface area contributed by atoms with Crippen LogP contribution in [0, 0.1) is 5.41 Å². The maximum Gasteiger partial charge on any atom is 0.260 e. The summed E-state index contributed by atoms with van der Waals surface area (Å²) in [5.74, 6) is -0.505. The minimum absolute atomic E-state index is 0.174. The number of rotatable bonds is 5. The lowest BCUT2D eigenvalue weighted by atomic mass is 9.91. The Morgan fingerprint density at radius 3 is 2.35 bits per heavy atom. The lowest BCUT2D eigenvalue weighted by Crippen LogP contribution is -2.39. The van der Waals surface area contributed by atoms with Crippen LogP contribution in [0.1, 0.15) is 27.7 Å². The average Bonchev–Trinajstić information content (AvgIpc) is 2.41. The van der Waals surface area contributed by atoms with Crippen LogP contribution in [-0.4, -0.2) is 32.8 Å². The van der Waals surface area contributed by atoms with Crippen molar-refractivity contribution in [1.82, 2.24) is 5.43 Å². The van der Waals surface area contributed by atoms with Gasteiger partial charge in [-0.15, -0.1) is 0 Å². The smallest absolute Gasteiger partial charge is 0.260 e. The molecule has 0 spiro atoms. The van der Waals surface area contributed by atoms with Gasteiger partial charge in [0.2, 0.25) is 10.0 Å². The second kappa shape index (κ2) is 7.44. The van der Waals surface area contributed by atoms with Crippen molar-refractivity contribution in [3.63, 3.8) is 0 Å². The molecule has 1 aromatic carbocycles. The Kier molecular flexibility index (Phi) is 6.35. The van der Waals surface area contributed by atoms with Crippen LogP contribution in [0.15, 0.2) is 33.8 Å². The summed E-state index contributed by atoms with van der Waals surface area (Å²) in [5, 5.41) is 4.03. The van der Waals surface area contributed by atoms with E-state index in [2.05, 4.69) is 26.5 Å². The third kappa shape index (κ3) is 5.95. The lowest BCUT2D eigenvalue weighted by molar-refractivity contribution is -0.119. The molecule has 0 fully saturated rings. The first-order chi connectivity index (χ1) is 10.4. The quantitative estimate of drug-likeness (QED) is 0.606. The van der Waals surface area contributed by atoms with Gasteiger partial charge in [-0.1, -0.05) is 32.9 Å². The number of amides is 1. The molecule has 0 aliphatic carbocycles. The van der Waals surface area contributed by atoms with E-state index in [1.807, 2.05) is 27.7 Å². The number of para-hydroxylation sites is 1. The van der Waals surface area contributed by atoms with Crippen molar-refractivity contribution in [3.05, 3.63) is 28.7 Å². The Labute approximate surface area is 146 Å². The number of carbonyl (C=O) groups is 1. The molecule has 0 bridgehead atoms. The van der Waals surface area contributed by atoms with Crippen LogP contribution in [-0.2, 0) is 14.8 Å². The molecule has 1 amide bonds. The Balaban J connectivity index is 2.97. The molecule has 8 heteroatoms. The zero-order chi connectivity index (χ0) is 17.8. The fourth-order valence-electron chi connectivity index (χ4n) is 1.51. The van der Waals surface area contributed by atoms with E-state index in [0.717, 1.165) is 16.3 Å². The number of anilines is 1. The third-order valence-electron chi connectivity index (χ3n) is 3.24. The van der Waals surface area contributed by atoms with Crippen molar-refractivity contribution in [2.75, 3.05) is 17.1 Å². The monoisotopic (exact) mass is 403 g/mol. The molecule has 1 aromatic rings. The highest BCUT2D eigenvalue weighted by Crippen LogP contribution is 2.27. The van der Waals surface area contributed by atoms with E-state index >= 15 is 0 Å². The van der Waals surface area contributed by atoms with Crippen LogP contribution < -0.4 is 9.73 Å². The molecular weight excluding hydrogens is 382 g/mol. The number of carbonyl (C=O) groups excluding carboxylic acids is 1. The summed E-state index contributed by atoms with van der Waals surface area (Å²) >= 11 is 3.30. The van der Waals surface area contributed by atoms with Crippen molar-refractivity contribution in [2.24, 2.45) is 10.5 Å². The van der Waals surface area contributed by atoms with E-state index in [0.29, 0.717) is 10.2 Å². The number of hydrogen-bond donors (Lipinski definition) is 1. The minimum atomic E-state index is -3.61. The molecule has 0 aromatic heterocycles. The van der Waals surface area contributed by atoms with Gasteiger partial charge in [-0.2, -0.15) is 5.10 Å². The molecule has 6 nitrogen and oxygen atoms in total. The van der Waals surface area contributed by atoms with E-state index < -0.39 is 15.9 Å². The number of halogens is 1. The van der Waals surface area contributed by atoms with E-state index in [-0.39, 0.29) is 12.0 Å². The van der Waals surface area contributed by atoms with Crippen LogP contribution in [0.25, 0.3) is 0 Å². The van der Waals surface area contributed by atoms with Crippen LogP contribution in [0.4, 0.5) is 5.69 Å². The maximum atomic E-state index is 12.1. The van der Waals surface area contributed by atoms with Gasteiger partial charge in [0.15, 0.2) is 0 Å². The zero-order valence-corrected chi connectivity index (χ0v) is 16.3. The molecule has 0 saturated carbocycles. The van der Waals surface area contributed by atoms with Gasteiger partial charge in [0.1, 0.15) is 6.54 Å². The summed E-state index contributed by atoms with van der Waals surface area (Å²) < 4.78 is 25.6. The van der Waals surface area contributed by atoms with Crippen molar-refractivity contribution in [1.29, 1.82) is 0 Å². The summed E-state index contributed by atoms with van der Waals surface area (Å²) in [6.07, 6.45) is 1.06. The van der Waals surface area contributed by atoms with Crippen LogP contribution in [0.2, 0.25) is 0 Å². The fraction of sp³-hybridized carbons (Fsp3) is 0.467. The first kappa shape index (κ1) is 19.6. The highest BCUT2D eigenvalue weighted by Gasteiger charge is 2.23. The fourth-order valence-corrected chi connectivity index (χ4v) is 3.00. The Morgan fingerprint density at radius 1 is 1.30 bits per heavy atom. The van der Waals surface area contributed by atoms with E-state index in [1.165, 1.54) is 0 Å². The standard InChI is InChI=1S/C15H22BrN3O3S/c1-11(15(2,3)4)17-18-14(20)10-19(23(5,21)22)13-9-7-6-8-12(13)16/h6-9H,10H2,1-5H3,(H,18,20)/b17-11-. The van der Waals surface area contributed by atoms with Crippen molar-refractivity contribution < 1.29 is 13.2 Å². The van der Waals surface area contributed by atoms with Gasteiger partial charge < -0.3 is 0 Å². The molecule has 0 atom stereocenters. The molecular formula is C15H22BrN3O3S. The molecule has 1 rings (SSSR count). The topological polar surface area (TPSA) is 78.8 Å². The predicted molar refractivity (Wildman–Crippen MR) is 97.0 cm³/mol. The average molecular weight is 404 g/mol. The Bertz CT molecular complexity index is 709. The molecule has 0 saturated heterocycles. The third-order valence-corrected chi connectivity index (χ3v) is 5.04. The zero-order valence-electron chi connectivity index (χ0n) is 13.9. The molecule has 0 radical (unpaired) electrons. The molecule has 0 heterocycles. The van der Waals surface area contributed by atoms with Crippen molar-refractivity contribution in [3.8, 4) is 0 Å². The van der Waals surface area contributed by atoms with Gasteiger partial charge in [0.25, 0.3) is 5.91 Å². The normalized spacial score (nSPS) is 12.9. The van der Waals surface area contributed by atoms with Crippen molar-refractivity contribution in [2.45, 2.75) is 27.7 Å². The predicted octanol–water partition coefficient (Wildman–Crippen LogP) is 2.75. The molecule has 23 heavy (non-hydrogen) atoms. The molecule has 0 unspecified atom stereocenters. The number of benzene rings is 1. The Morgan fingerprint density at radius 2 is 1.87 bits per heavy atom. The highest BCUT2D eigenvalue weighted by molar-refractivity contribution is 9.10. The molecule has 0 aliphatic rings. The largest absolute Gasteiger partial charge is 0.271 e. The summed E-state index contributed by atoms with van der Waals surface area (Å²) in [5.41, 5.74) is 3.39. The van der Waals surface area contributed by atoms with E-state index in [1.54, 1.807) is 24.3 Å². The second-order valence-corrected chi connectivity index (χ2v) is 8.96. The number of nitrogens with zero attached hydrogens (tertiary/aromatic N) is 2. The summed E-state index contributed by atoms with van der Waals surface area (Å²) in [6.45, 7) is 7.39. The first-order valence-corrected chi connectivity index (χ1v) is 9.63. The lowest BCUT2D eigenvalue weighted by Gasteiger charge is -2.23. The van der Waals surface area contributed by atoms with Gasteiger partial charge in [-0.3, -0.25) is 9.10 Å². The highest BCUT2D eigenvalue weighted by atomic mass is 79.9. The summed E-state index contributed by atoms with van der Waals surface area (Å²) in [7, 11) is -3.61. The molecule has 0 aliphatic heterocycles. The number of sulfonamides is 1. The SMILES string of the molecule is C/C(=N/NC(=O)CN(c1ccccc1Br)S(C)(=O)=O)C(C)(C)C. The van der Waals surface area contributed by atoms with Crippen LogP contribution in [0.5, 0.6) is 0 Å². The minimum Gasteiger partial charge on any atom is -0.271 e. The van der Waals surface area contributed by atoms with E-state index in [4.69, 9.17) is 0 Å². The van der Waals surface area contributed by atoms with Gasteiger partial charge in [0, 0.05) is 15.6 Å². The van der Waals surface area contributed by atoms with Crippen molar-refractivity contribution >= 4 is 43.3 Å². The maximum absolute atomic E-state index is 12.1. The number of hydrazone groups is 1. The second-order valence-electron chi connectivity index (χ2n) is 6.20. The molecule has 1 N–H and O–H groups in total. The summed E-state index contributed by atoms with van der Waals surface area (Å²) in [4.78, 5) is 12.1. The molecule has 128 valence electrons. The van der Waals surface area contributed by atoms with Crippen LogP contribution >= 0.6 is 15.9 Å². The van der Waals surface area contributed by atoms with E-state index in [9.17, 15) is 13.2 Å². The number of nitrogens with one attached hydrogen (secondary N) is 1. The van der Waals surface area contributed by atoms with Gasteiger partial charge >= 0.3 is 0 Å². The van der Waals surface area contributed by atoms with Gasteiger partial charge in [0.05, 0.1) is 11.9 Å². The Hall–Kier alpha value is -1.41. The van der Waals surface area contributed by atoms with Gasteiger partial charge in [-0.05, 0) is 35.0 Å².